The van der Waals surface area contributed by atoms with Crippen LogP contribution in [0, 0.1) is 0 Å². The van der Waals surface area contributed by atoms with Crippen molar-refractivity contribution in [1.82, 2.24) is 0 Å². The first kappa shape index (κ1) is 11.1. The van der Waals surface area contributed by atoms with Gasteiger partial charge in [0.1, 0.15) is 0 Å². The van der Waals surface area contributed by atoms with Crippen molar-refractivity contribution >= 4 is 13.1 Å². The minimum absolute atomic E-state index is 0.319. The van der Waals surface area contributed by atoms with E-state index in [0.29, 0.717) is 5.56 Å². The second-order valence-corrected chi connectivity index (χ2v) is 4.67. The summed E-state index contributed by atoms with van der Waals surface area (Å²) in [6, 6.07) is 8.26. The molecule has 0 N–H and O–H groups in total. The third-order valence-corrected chi connectivity index (χ3v) is 3.47. The van der Waals surface area contributed by atoms with Crippen LogP contribution in [0.25, 0.3) is 0 Å². The zero-order valence-electron chi connectivity index (χ0n) is 7.97. The molecule has 0 saturated heterocycles. The first-order valence-corrected chi connectivity index (χ1v) is 5.50. The van der Waals surface area contributed by atoms with Gasteiger partial charge in [-0.05, 0) is 0 Å². The van der Waals surface area contributed by atoms with Crippen molar-refractivity contribution in [3.05, 3.63) is 35.9 Å². The molecule has 0 radical (unpaired) electrons. The minimum atomic E-state index is -3.63. The Balaban J connectivity index is 3.02. The van der Waals surface area contributed by atoms with Crippen LogP contribution in [-0.4, -0.2) is 19.7 Å². The van der Waals surface area contributed by atoms with Crippen molar-refractivity contribution < 1.29 is 18.4 Å². The van der Waals surface area contributed by atoms with E-state index < -0.39 is 13.1 Å². The Morgan fingerprint density at radius 2 is 1.64 bits per heavy atom. The lowest BCUT2D eigenvalue weighted by atomic mass is 10.3. The van der Waals surface area contributed by atoms with Gasteiger partial charge in [-0.15, -0.1) is 0 Å². The van der Waals surface area contributed by atoms with Crippen LogP contribution in [0.3, 0.4) is 0 Å². The van der Waals surface area contributed by atoms with E-state index >= 15 is 0 Å². The van der Waals surface area contributed by atoms with E-state index in [-0.39, 0.29) is 0 Å². The van der Waals surface area contributed by atoms with Gasteiger partial charge in [0.2, 0.25) is 0 Å². The molecule has 0 saturated carbocycles. The van der Waals surface area contributed by atoms with Gasteiger partial charge in [0.25, 0.3) is 5.52 Å². The first-order chi connectivity index (χ1) is 6.64. The Morgan fingerprint density at radius 1 is 1.14 bits per heavy atom. The smallest absolute Gasteiger partial charge is 0.306 e. The van der Waals surface area contributed by atoms with E-state index in [1.54, 1.807) is 30.3 Å². The van der Waals surface area contributed by atoms with Gasteiger partial charge in [-0.3, -0.25) is 9.36 Å². The minimum Gasteiger partial charge on any atom is -0.306 e. The van der Waals surface area contributed by atoms with Gasteiger partial charge >= 0.3 is 7.60 Å². The van der Waals surface area contributed by atoms with E-state index in [1.807, 2.05) is 0 Å². The lowest BCUT2D eigenvalue weighted by molar-refractivity contribution is 0.102. The summed E-state index contributed by atoms with van der Waals surface area (Å²) in [5.41, 5.74) is -0.303. The molecule has 1 aromatic rings. The fourth-order valence-electron chi connectivity index (χ4n) is 0.979. The van der Waals surface area contributed by atoms with Crippen molar-refractivity contribution in [1.29, 1.82) is 0 Å². The quantitative estimate of drug-likeness (QED) is 0.571. The molecule has 0 heterocycles. The highest BCUT2D eigenvalue weighted by atomic mass is 31.2. The number of rotatable bonds is 4. The summed E-state index contributed by atoms with van der Waals surface area (Å²) in [6.07, 6.45) is 0. The fourth-order valence-corrected chi connectivity index (χ4v) is 1.93. The monoisotopic (exact) mass is 215 g/mol. The maximum absolute atomic E-state index is 11.7. The van der Waals surface area contributed by atoms with E-state index in [2.05, 4.69) is 9.05 Å². The van der Waals surface area contributed by atoms with Crippen molar-refractivity contribution in [2.24, 2.45) is 0 Å². The molecule has 0 aliphatic rings. The second-order valence-electron chi connectivity index (χ2n) is 2.53. The predicted octanol–water partition coefficient (Wildman–Crippen LogP) is 2.31. The Morgan fingerprint density at radius 3 is 2.07 bits per heavy atom. The molecule has 5 heteroatoms. The lowest BCUT2D eigenvalue weighted by Gasteiger charge is -2.11. The molecule has 1 aromatic carbocycles. The molecule has 0 atom stereocenters. The normalized spacial score (nSPS) is 11.3. The van der Waals surface area contributed by atoms with Crippen LogP contribution in [0.5, 0.6) is 0 Å². The molecule has 0 spiro atoms. The number of hydrogen-bond donors (Lipinski definition) is 0. The van der Waals surface area contributed by atoms with Gasteiger partial charge in [-0.2, -0.15) is 0 Å². The molecule has 0 bridgehead atoms. The van der Waals surface area contributed by atoms with Gasteiger partial charge in [0.15, 0.2) is 0 Å². The topological polar surface area (TPSA) is 52.6 Å². The van der Waals surface area contributed by atoms with Gasteiger partial charge < -0.3 is 9.05 Å². The standard InChI is InChI=1S/C9H11O4P/c1-12-14(11,13-2)9(10)8-6-4-3-5-7-8/h3-7H,1-2H3/i9+1. The summed E-state index contributed by atoms with van der Waals surface area (Å²) < 4.78 is 20.8. The van der Waals surface area contributed by atoms with Crippen molar-refractivity contribution in [3.8, 4) is 0 Å². The van der Waals surface area contributed by atoms with E-state index in [4.69, 9.17) is 0 Å². The Hall–Kier alpha value is -0.960. The maximum Gasteiger partial charge on any atom is 0.401 e. The molecule has 0 aliphatic carbocycles. The predicted molar refractivity (Wildman–Crippen MR) is 52.4 cm³/mol. The number of carbonyl (C=O) groups excluding carboxylic acids is 1. The van der Waals surface area contributed by atoms with Gasteiger partial charge in [-0.25, -0.2) is 0 Å². The van der Waals surface area contributed by atoms with Crippen LogP contribution in [-0.2, 0) is 13.6 Å². The maximum atomic E-state index is 11.7. The van der Waals surface area contributed by atoms with Crippen LogP contribution < -0.4 is 0 Å². The Kier molecular flexibility index (Phi) is 3.58. The third kappa shape index (κ3) is 2.10. The molecule has 76 valence electrons. The largest absolute Gasteiger partial charge is 0.401 e. The van der Waals surface area contributed by atoms with Crippen LogP contribution >= 0.6 is 7.60 Å². The molecule has 1 rings (SSSR count). The van der Waals surface area contributed by atoms with Crippen LogP contribution in [0.2, 0.25) is 0 Å². The van der Waals surface area contributed by atoms with Gasteiger partial charge in [-0.1, -0.05) is 30.3 Å². The highest BCUT2D eigenvalue weighted by Crippen LogP contribution is 2.49. The molecule has 14 heavy (non-hydrogen) atoms. The van der Waals surface area contributed by atoms with E-state index in [1.165, 1.54) is 14.2 Å². The van der Waals surface area contributed by atoms with Crippen LogP contribution in [0.4, 0.5) is 0 Å². The highest BCUT2D eigenvalue weighted by Gasteiger charge is 2.32. The van der Waals surface area contributed by atoms with Crippen molar-refractivity contribution in [3.63, 3.8) is 0 Å². The molecular formula is C9H11O4P. The lowest BCUT2D eigenvalue weighted by Crippen LogP contribution is -2.03. The van der Waals surface area contributed by atoms with Crippen LogP contribution in [0.1, 0.15) is 10.4 Å². The second kappa shape index (κ2) is 4.51. The summed E-state index contributed by atoms with van der Waals surface area (Å²) in [4.78, 5) is 11.6. The molecule has 0 amide bonds. The number of hydrogen-bond acceptors (Lipinski definition) is 4. The average Bonchev–Trinajstić information content (AvgIpc) is 2.28. The fraction of sp³-hybridized carbons (Fsp3) is 0.222. The number of carbonyl (C=O) groups is 1. The Labute approximate surface area is 82.4 Å². The molecule has 0 aromatic heterocycles. The van der Waals surface area contributed by atoms with Crippen molar-refractivity contribution in [2.45, 2.75) is 0 Å². The summed E-state index contributed by atoms with van der Waals surface area (Å²) in [7, 11) is -1.26. The van der Waals surface area contributed by atoms with E-state index in [0.717, 1.165) is 0 Å². The zero-order chi connectivity index (χ0) is 10.6. The molecule has 4 nitrogen and oxygen atoms in total. The van der Waals surface area contributed by atoms with Gasteiger partial charge in [0.05, 0.1) is 0 Å². The van der Waals surface area contributed by atoms with Crippen molar-refractivity contribution in [2.75, 3.05) is 14.2 Å². The first-order valence-electron chi connectivity index (χ1n) is 3.95. The molecule has 0 aliphatic heterocycles. The summed E-state index contributed by atoms with van der Waals surface area (Å²) in [6.45, 7) is 0. The molecule has 0 unspecified atom stereocenters. The Bertz CT molecular complexity index is 352. The highest BCUT2D eigenvalue weighted by molar-refractivity contribution is 7.72. The van der Waals surface area contributed by atoms with Gasteiger partial charge in [0, 0.05) is 19.8 Å². The third-order valence-electron chi connectivity index (χ3n) is 1.75. The average molecular weight is 215 g/mol. The zero-order valence-corrected chi connectivity index (χ0v) is 8.86. The summed E-state index contributed by atoms with van der Waals surface area (Å²) in [5, 5.41) is 0. The van der Waals surface area contributed by atoms with E-state index in [9.17, 15) is 9.36 Å². The van der Waals surface area contributed by atoms with Crippen LogP contribution in [0.15, 0.2) is 30.3 Å². The molecule has 0 fully saturated rings. The SMILES string of the molecule is COP(=O)(OC)[13C](=O)c1ccccc1. The molecular weight excluding hydrogens is 204 g/mol. The summed E-state index contributed by atoms with van der Waals surface area (Å²) in [5.74, 6) is 0. The summed E-state index contributed by atoms with van der Waals surface area (Å²) >= 11 is 0. The number of benzene rings is 1.